The zero-order chi connectivity index (χ0) is 21.4. The Morgan fingerprint density at radius 3 is 2.65 bits per heavy atom. The van der Waals surface area contributed by atoms with Gasteiger partial charge in [-0.25, -0.2) is 4.98 Å². The summed E-state index contributed by atoms with van der Waals surface area (Å²) in [5.41, 5.74) is 3.39. The van der Waals surface area contributed by atoms with Crippen LogP contribution in [0.5, 0.6) is 0 Å². The Hall–Kier alpha value is -2.55. The van der Waals surface area contributed by atoms with Gasteiger partial charge in [-0.15, -0.1) is 22.7 Å². The van der Waals surface area contributed by atoms with Crippen molar-refractivity contribution in [1.82, 2.24) is 14.8 Å². The van der Waals surface area contributed by atoms with E-state index in [0.29, 0.717) is 31.1 Å². The van der Waals surface area contributed by atoms with E-state index in [4.69, 9.17) is 0 Å². The van der Waals surface area contributed by atoms with Gasteiger partial charge >= 0.3 is 0 Å². The fourth-order valence-electron chi connectivity index (χ4n) is 4.42. The van der Waals surface area contributed by atoms with Crippen molar-refractivity contribution in [2.45, 2.75) is 19.4 Å². The van der Waals surface area contributed by atoms with Crippen LogP contribution in [-0.4, -0.2) is 65.4 Å². The average Bonchev–Trinajstić information content (AvgIpc) is 3.55. The molecule has 1 aromatic carbocycles. The molecule has 1 atom stereocenters. The van der Waals surface area contributed by atoms with Crippen molar-refractivity contribution in [3.63, 3.8) is 0 Å². The molecule has 0 spiro atoms. The maximum absolute atomic E-state index is 12.9. The molecule has 1 unspecified atom stereocenters. The molecule has 31 heavy (non-hydrogen) atoms. The fraction of sp³-hybridized carbons (Fsp3) is 0.348. The molecule has 3 aromatic rings. The van der Waals surface area contributed by atoms with Crippen molar-refractivity contribution >= 4 is 40.2 Å². The van der Waals surface area contributed by atoms with Gasteiger partial charge in [0.2, 0.25) is 5.91 Å². The lowest BCUT2D eigenvalue weighted by atomic mass is 10.1. The van der Waals surface area contributed by atoms with Crippen LogP contribution in [0.1, 0.15) is 21.8 Å². The minimum atomic E-state index is 0.0134. The molecule has 0 radical (unpaired) electrons. The van der Waals surface area contributed by atoms with E-state index in [1.165, 1.54) is 21.8 Å². The first-order valence-corrected chi connectivity index (χ1v) is 12.2. The van der Waals surface area contributed by atoms with Crippen LogP contribution in [0.3, 0.4) is 0 Å². The number of rotatable bonds is 4. The third kappa shape index (κ3) is 4.03. The summed E-state index contributed by atoms with van der Waals surface area (Å²) in [6.07, 6.45) is 2.20. The normalized spacial score (nSPS) is 19.9. The first-order chi connectivity index (χ1) is 15.1. The molecule has 0 aliphatic carbocycles. The standard InChI is InChI=1S/C23H24N4O2S2/c1-16-5-11-30-21(16)17-3-2-4-18(13-17)27-15-19(14-20(27)28)25-7-9-26(10-8-25)23(29)22-24-6-12-31-22/h2-6,11-13,19H,7-10,14-15H2,1H3. The van der Waals surface area contributed by atoms with Crippen molar-refractivity contribution in [2.75, 3.05) is 37.6 Å². The second-order valence-electron chi connectivity index (χ2n) is 8.01. The number of piperazine rings is 1. The number of thiophene rings is 1. The number of amides is 2. The Kier molecular flexibility index (Phi) is 5.60. The summed E-state index contributed by atoms with van der Waals surface area (Å²) in [7, 11) is 0. The first kappa shape index (κ1) is 20.4. The lowest BCUT2D eigenvalue weighted by molar-refractivity contribution is -0.117. The zero-order valence-corrected chi connectivity index (χ0v) is 19.0. The SMILES string of the molecule is Cc1ccsc1-c1cccc(N2CC(N3CCN(C(=O)c4nccs4)CC3)CC2=O)c1. The summed E-state index contributed by atoms with van der Waals surface area (Å²) >= 11 is 3.12. The van der Waals surface area contributed by atoms with Crippen LogP contribution < -0.4 is 4.90 Å². The Morgan fingerprint density at radius 2 is 1.94 bits per heavy atom. The molecule has 0 saturated carbocycles. The molecular formula is C23H24N4O2S2. The predicted octanol–water partition coefficient (Wildman–Crippen LogP) is 3.74. The number of hydrogen-bond acceptors (Lipinski definition) is 6. The minimum Gasteiger partial charge on any atom is -0.334 e. The number of thiazole rings is 1. The van der Waals surface area contributed by atoms with E-state index in [9.17, 15) is 9.59 Å². The molecule has 4 heterocycles. The van der Waals surface area contributed by atoms with Crippen LogP contribution in [0.2, 0.25) is 0 Å². The van der Waals surface area contributed by atoms with E-state index in [-0.39, 0.29) is 17.9 Å². The molecule has 0 bridgehead atoms. The van der Waals surface area contributed by atoms with E-state index < -0.39 is 0 Å². The molecule has 2 amide bonds. The van der Waals surface area contributed by atoms with Gasteiger partial charge in [0.05, 0.1) is 0 Å². The highest BCUT2D eigenvalue weighted by atomic mass is 32.1. The summed E-state index contributed by atoms with van der Waals surface area (Å²) < 4.78 is 0. The Morgan fingerprint density at radius 1 is 1.10 bits per heavy atom. The Labute approximate surface area is 189 Å². The molecule has 2 fully saturated rings. The summed E-state index contributed by atoms with van der Waals surface area (Å²) in [6, 6.07) is 10.6. The predicted molar refractivity (Wildman–Crippen MR) is 125 cm³/mol. The van der Waals surface area contributed by atoms with E-state index in [2.05, 4.69) is 40.4 Å². The third-order valence-electron chi connectivity index (χ3n) is 6.12. The van der Waals surface area contributed by atoms with E-state index in [0.717, 1.165) is 24.3 Å². The van der Waals surface area contributed by atoms with E-state index >= 15 is 0 Å². The molecule has 2 saturated heterocycles. The number of carbonyl (C=O) groups excluding carboxylic acids is 2. The number of aryl methyl sites for hydroxylation is 1. The Balaban J connectivity index is 1.24. The number of aromatic nitrogens is 1. The molecule has 2 aromatic heterocycles. The minimum absolute atomic E-state index is 0.0134. The van der Waals surface area contributed by atoms with Gasteiger partial charge in [0.1, 0.15) is 0 Å². The quantitative estimate of drug-likeness (QED) is 0.605. The first-order valence-electron chi connectivity index (χ1n) is 10.5. The molecule has 160 valence electrons. The van der Waals surface area contributed by atoms with Crippen LogP contribution in [-0.2, 0) is 4.79 Å². The summed E-state index contributed by atoms with van der Waals surface area (Å²) in [6.45, 7) is 5.75. The lowest BCUT2D eigenvalue weighted by Gasteiger charge is -2.37. The second kappa shape index (κ2) is 8.53. The molecule has 5 rings (SSSR count). The number of nitrogens with zero attached hydrogens (tertiary/aromatic N) is 4. The number of benzene rings is 1. The van der Waals surface area contributed by atoms with Crippen LogP contribution in [0.4, 0.5) is 5.69 Å². The van der Waals surface area contributed by atoms with Crippen molar-refractivity contribution in [3.8, 4) is 10.4 Å². The van der Waals surface area contributed by atoms with Gasteiger partial charge in [-0.3, -0.25) is 14.5 Å². The van der Waals surface area contributed by atoms with Crippen LogP contribution in [0, 0.1) is 6.92 Å². The zero-order valence-electron chi connectivity index (χ0n) is 17.4. The maximum atomic E-state index is 12.9. The number of hydrogen-bond donors (Lipinski definition) is 0. The van der Waals surface area contributed by atoms with Gasteiger partial charge in [-0.1, -0.05) is 12.1 Å². The fourth-order valence-corrected chi connectivity index (χ4v) is 5.95. The summed E-state index contributed by atoms with van der Waals surface area (Å²) in [5, 5.41) is 4.49. The smallest absolute Gasteiger partial charge is 0.282 e. The highest BCUT2D eigenvalue weighted by Gasteiger charge is 2.36. The van der Waals surface area contributed by atoms with Crippen LogP contribution in [0.25, 0.3) is 10.4 Å². The van der Waals surface area contributed by atoms with Crippen molar-refractivity contribution in [2.24, 2.45) is 0 Å². The topological polar surface area (TPSA) is 56.8 Å². The lowest BCUT2D eigenvalue weighted by Crippen LogP contribution is -2.52. The monoisotopic (exact) mass is 452 g/mol. The largest absolute Gasteiger partial charge is 0.334 e. The van der Waals surface area contributed by atoms with Crippen molar-refractivity contribution < 1.29 is 9.59 Å². The average molecular weight is 453 g/mol. The summed E-state index contributed by atoms with van der Waals surface area (Å²) in [5.74, 6) is 0.186. The van der Waals surface area contributed by atoms with Gasteiger partial charge in [-0.05, 0) is 41.6 Å². The number of anilines is 1. The second-order valence-corrected chi connectivity index (χ2v) is 9.82. The highest BCUT2D eigenvalue weighted by molar-refractivity contribution is 7.13. The third-order valence-corrected chi connectivity index (χ3v) is 7.95. The molecule has 2 aliphatic rings. The van der Waals surface area contributed by atoms with Gasteiger partial charge < -0.3 is 9.80 Å². The van der Waals surface area contributed by atoms with Gasteiger partial charge in [0.15, 0.2) is 5.01 Å². The van der Waals surface area contributed by atoms with Crippen LogP contribution in [0.15, 0.2) is 47.3 Å². The van der Waals surface area contributed by atoms with Crippen molar-refractivity contribution in [3.05, 3.63) is 57.9 Å². The number of carbonyl (C=O) groups is 2. The highest BCUT2D eigenvalue weighted by Crippen LogP contribution is 2.33. The molecule has 8 heteroatoms. The molecule has 2 aliphatic heterocycles. The van der Waals surface area contributed by atoms with E-state index in [1.54, 1.807) is 17.5 Å². The maximum Gasteiger partial charge on any atom is 0.282 e. The molecule has 6 nitrogen and oxygen atoms in total. The molecular weight excluding hydrogens is 428 g/mol. The van der Waals surface area contributed by atoms with Gasteiger partial charge in [-0.2, -0.15) is 0 Å². The van der Waals surface area contributed by atoms with Crippen molar-refractivity contribution in [1.29, 1.82) is 0 Å². The Bertz CT molecular complexity index is 1090. The van der Waals surface area contributed by atoms with Gasteiger partial charge in [0.25, 0.3) is 5.91 Å². The van der Waals surface area contributed by atoms with Gasteiger partial charge in [0, 0.05) is 67.3 Å². The van der Waals surface area contributed by atoms with E-state index in [1.807, 2.05) is 27.3 Å². The summed E-state index contributed by atoms with van der Waals surface area (Å²) in [4.78, 5) is 36.9. The molecule has 0 N–H and O–H groups in total. The van der Waals surface area contributed by atoms with Crippen LogP contribution >= 0.6 is 22.7 Å².